The van der Waals surface area contributed by atoms with Crippen molar-refractivity contribution >= 4 is 24.3 Å². The second-order valence-electron chi connectivity index (χ2n) is 2.59. The maximum atomic E-state index is 10.6. The van der Waals surface area contributed by atoms with E-state index in [-0.39, 0.29) is 5.91 Å². The molecule has 12 heavy (non-hydrogen) atoms. The van der Waals surface area contributed by atoms with Crippen molar-refractivity contribution in [3.05, 3.63) is 24.3 Å². The minimum atomic E-state index is -0.0387. The molecule has 0 saturated carbocycles. The molecule has 1 aromatic rings. The molecule has 0 saturated heterocycles. The monoisotopic (exact) mass is 160 g/mol. The number of anilines is 1. The minimum absolute atomic E-state index is 0.0387. The van der Waals surface area contributed by atoms with Gasteiger partial charge in [0.15, 0.2) is 0 Å². The van der Waals surface area contributed by atoms with Gasteiger partial charge in [-0.2, -0.15) is 0 Å². The van der Waals surface area contributed by atoms with Crippen molar-refractivity contribution in [2.45, 2.75) is 13.7 Å². The molecule has 2 nitrogen and oxygen atoms in total. The highest BCUT2D eigenvalue weighted by atomic mass is 16.1. The number of rotatable bonds is 2. The first-order valence-corrected chi connectivity index (χ1v) is 3.89. The van der Waals surface area contributed by atoms with E-state index in [0.717, 1.165) is 11.2 Å². The van der Waals surface area contributed by atoms with Crippen LogP contribution in [-0.2, 0) is 4.79 Å². The lowest BCUT2D eigenvalue weighted by Crippen LogP contribution is -2.11. The van der Waals surface area contributed by atoms with Gasteiger partial charge in [0.05, 0.1) is 0 Å². The summed E-state index contributed by atoms with van der Waals surface area (Å²) in [5, 5.41) is 2.70. The Morgan fingerprint density at radius 2 is 1.92 bits per heavy atom. The van der Waals surface area contributed by atoms with Crippen molar-refractivity contribution in [3.63, 3.8) is 0 Å². The van der Waals surface area contributed by atoms with Crippen LogP contribution in [0.25, 0.3) is 0 Å². The van der Waals surface area contributed by atoms with E-state index in [2.05, 4.69) is 5.32 Å². The number of benzene rings is 1. The zero-order valence-corrected chi connectivity index (χ0v) is 7.29. The Morgan fingerprint density at radius 1 is 1.33 bits per heavy atom. The van der Waals surface area contributed by atoms with E-state index in [4.69, 9.17) is 0 Å². The van der Waals surface area contributed by atoms with Crippen molar-refractivity contribution in [2.75, 3.05) is 5.32 Å². The normalized spacial score (nSPS) is 9.17. The predicted molar refractivity (Wildman–Crippen MR) is 52.0 cm³/mol. The number of carbonyl (C=O) groups excluding carboxylic acids is 1. The van der Waals surface area contributed by atoms with Crippen LogP contribution in [0.2, 0.25) is 6.82 Å². The molecule has 0 bridgehead atoms. The number of nitrogens with one attached hydrogen (secondary N) is 1. The first kappa shape index (κ1) is 8.85. The molecule has 61 valence electrons. The van der Waals surface area contributed by atoms with Gasteiger partial charge in [0.1, 0.15) is 7.28 Å². The standard InChI is InChI=1S/C9H11BNO/c1-7(12)11-9-5-3-8(10-2)4-6-9/h3-6H,1-2H3,(H,11,12). The van der Waals surface area contributed by atoms with Gasteiger partial charge >= 0.3 is 0 Å². The molecule has 3 heteroatoms. The van der Waals surface area contributed by atoms with Crippen molar-refractivity contribution in [2.24, 2.45) is 0 Å². The molecule has 0 heterocycles. The largest absolute Gasteiger partial charge is 0.326 e. The third kappa shape index (κ3) is 2.42. The van der Waals surface area contributed by atoms with Crippen LogP contribution >= 0.6 is 0 Å². The highest BCUT2D eigenvalue weighted by molar-refractivity contribution is 6.51. The van der Waals surface area contributed by atoms with Crippen LogP contribution in [0.5, 0.6) is 0 Å². The maximum absolute atomic E-state index is 10.6. The molecule has 1 aromatic carbocycles. The first-order chi connectivity index (χ1) is 5.72. The molecule has 0 aromatic heterocycles. The fourth-order valence-electron chi connectivity index (χ4n) is 0.962. The lowest BCUT2D eigenvalue weighted by molar-refractivity contribution is -0.114. The van der Waals surface area contributed by atoms with E-state index < -0.39 is 0 Å². The Balaban J connectivity index is 2.71. The van der Waals surface area contributed by atoms with Crippen molar-refractivity contribution in [1.82, 2.24) is 0 Å². The van der Waals surface area contributed by atoms with E-state index in [9.17, 15) is 4.79 Å². The Kier molecular flexibility index (Phi) is 2.91. The molecule has 0 atom stereocenters. The van der Waals surface area contributed by atoms with Crippen LogP contribution in [0.1, 0.15) is 6.92 Å². The zero-order valence-electron chi connectivity index (χ0n) is 7.29. The number of hydrogen-bond acceptors (Lipinski definition) is 1. The van der Waals surface area contributed by atoms with Gasteiger partial charge in [0.25, 0.3) is 0 Å². The fraction of sp³-hybridized carbons (Fsp3) is 0.222. The Labute approximate surface area is 73.2 Å². The summed E-state index contributed by atoms with van der Waals surface area (Å²) >= 11 is 0. The summed E-state index contributed by atoms with van der Waals surface area (Å²) in [5.74, 6) is -0.0387. The average Bonchev–Trinajstić information content (AvgIpc) is 2.05. The van der Waals surface area contributed by atoms with Gasteiger partial charge in [0.2, 0.25) is 5.91 Å². The Bertz CT molecular complexity index is 268. The molecule has 0 aliphatic carbocycles. The molecule has 1 N–H and O–H groups in total. The topological polar surface area (TPSA) is 29.1 Å². The van der Waals surface area contributed by atoms with Crippen molar-refractivity contribution < 1.29 is 4.79 Å². The number of amides is 1. The van der Waals surface area contributed by atoms with Gasteiger partial charge in [-0.1, -0.05) is 24.4 Å². The zero-order chi connectivity index (χ0) is 8.97. The van der Waals surface area contributed by atoms with Crippen LogP contribution in [0.4, 0.5) is 5.69 Å². The SMILES string of the molecule is C[B]c1ccc(NC(C)=O)cc1. The van der Waals surface area contributed by atoms with Crippen LogP contribution < -0.4 is 10.8 Å². The summed E-state index contributed by atoms with van der Waals surface area (Å²) in [6.07, 6.45) is 0. The van der Waals surface area contributed by atoms with Crippen LogP contribution in [0.3, 0.4) is 0 Å². The summed E-state index contributed by atoms with van der Waals surface area (Å²) < 4.78 is 0. The van der Waals surface area contributed by atoms with Gasteiger partial charge in [-0.3, -0.25) is 4.79 Å². The third-order valence-corrected chi connectivity index (χ3v) is 1.56. The summed E-state index contributed by atoms with van der Waals surface area (Å²) in [7, 11) is 2.01. The average molecular weight is 160 g/mol. The molecule has 1 radical (unpaired) electrons. The molecule has 0 unspecified atom stereocenters. The highest BCUT2D eigenvalue weighted by Gasteiger charge is 1.94. The van der Waals surface area contributed by atoms with E-state index in [1.54, 1.807) is 0 Å². The molecular formula is C9H11BNO. The summed E-state index contributed by atoms with van der Waals surface area (Å²) in [6, 6.07) is 7.70. The predicted octanol–water partition coefficient (Wildman–Crippen LogP) is 1.02. The van der Waals surface area contributed by atoms with Crippen LogP contribution in [0, 0.1) is 0 Å². The minimum Gasteiger partial charge on any atom is -0.326 e. The highest BCUT2D eigenvalue weighted by Crippen LogP contribution is 2.02. The fourth-order valence-corrected chi connectivity index (χ4v) is 0.962. The van der Waals surface area contributed by atoms with Gasteiger partial charge in [-0.05, 0) is 12.1 Å². The third-order valence-electron chi connectivity index (χ3n) is 1.56. The van der Waals surface area contributed by atoms with Crippen LogP contribution in [-0.4, -0.2) is 13.2 Å². The molecule has 1 amide bonds. The first-order valence-electron chi connectivity index (χ1n) is 3.89. The van der Waals surface area contributed by atoms with Crippen LogP contribution in [0.15, 0.2) is 24.3 Å². The molecule has 0 aliphatic heterocycles. The number of hydrogen-bond donors (Lipinski definition) is 1. The second kappa shape index (κ2) is 3.95. The van der Waals surface area contributed by atoms with Gasteiger partial charge in [0, 0.05) is 12.6 Å². The van der Waals surface area contributed by atoms with Crippen molar-refractivity contribution in [3.8, 4) is 0 Å². The second-order valence-corrected chi connectivity index (χ2v) is 2.59. The molecule has 1 rings (SSSR count). The summed E-state index contributed by atoms with van der Waals surface area (Å²) in [4.78, 5) is 10.6. The van der Waals surface area contributed by atoms with Gasteiger partial charge in [-0.25, -0.2) is 0 Å². The van der Waals surface area contributed by atoms with Gasteiger partial charge in [-0.15, -0.1) is 0 Å². The number of carbonyl (C=O) groups is 1. The van der Waals surface area contributed by atoms with Crippen molar-refractivity contribution in [1.29, 1.82) is 0 Å². The van der Waals surface area contributed by atoms with E-state index >= 15 is 0 Å². The lowest BCUT2D eigenvalue weighted by Gasteiger charge is -2.01. The molecule has 0 aliphatic rings. The smallest absolute Gasteiger partial charge is 0.221 e. The van der Waals surface area contributed by atoms with E-state index in [0.29, 0.717) is 0 Å². The molecule has 0 spiro atoms. The lowest BCUT2D eigenvalue weighted by atomic mass is 9.73. The maximum Gasteiger partial charge on any atom is 0.221 e. The summed E-state index contributed by atoms with van der Waals surface area (Å²) in [5.41, 5.74) is 2.00. The van der Waals surface area contributed by atoms with E-state index in [1.807, 2.05) is 38.4 Å². The Morgan fingerprint density at radius 3 is 2.33 bits per heavy atom. The molecule has 0 fully saturated rings. The quantitative estimate of drug-likeness (QED) is 0.643. The van der Waals surface area contributed by atoms with Gasteiger partial charge < -0.3 is 5.32 Å². The Hall–Kier alpha value is -1.25. The van der Waals surface area contributed by atoms with E-state index in [1.165, 1.54) is 6.92 Å². The summed E-state index contributed by atoms with van der Waals surface area (Å²) in [6.45, 7) is 3.48. The molecular weight excluding hydrogens is 149 g/mol.